The predicted octanol–water partition coefficient (Wildman–Crippen LogP) is 3.72. The molecule has 0 bridgehead atoms. The molecule has 2 nitrogen and oxygen atoms in total. The van der Waals surface area contributed by atoms with E-state index < -0.39 is 0 Å². The standard InChI is InChI=1S/C12H9NOS/c1-9-3-2-4-10(7-9)14-12-6-5-11(8-13)15-12/h2-7H,1H3. The Morgan fingerprint density at radius 1 is 1.27 bits per heavy atom. The zero-order chi connectivity index (χ0) is 10.7. The number of thiophene rings is 1. The summed E-state index contributed by atoms with van der Waals surface area (Å²) < 4.78 is 5.61. The number of ether oxygens (including phenoxy) is 1. The zero-order valence-corrected chi connectivity index (χ0v) is 9.04. The summed E-state index contributed by atoms with van der Waals surface area (Å²) in [5.41, 5.74) is 1.16. The number of aryl methyl sites for hydroxylation is 1. The maximum absolute atomic E-state index is 8.67. The van der Waals surface area contributed by atoms with Crippen molar-refractivity contribution in [3.8, 4) is 16.9 Å². The predicted molar refractivity (Wildman–Crippen MR) is 60.3 cm³/mol. The lowest BCUT2D eigenvalue weighted by Crippen LogP contribution is -1.80. The summed E-state index contributed by atoms with van der Waals surface area (Å²) in [4.78, 5) is 0.664. The van der Waals surface area contributed by atoms with E-state index in [0.717, 1.165) is 16.4 Å². The summed E-state index contributed by atoms with van der Waals surface area (Å²) in [5.74, 6) is 0.807. The van der Waals surface area contributed by atoms with Gasteiger partial charge in [0.2, 0.25) is 0 Å². The minimum Gasteiger partial charge on any atom is -0.447 e. The maximum Gasteiger partial charge on any atom is 0.182 e. The van der Waals surface area contributed by atoms with Crippen molar-refractivity contribution >= 4 is 11.3 Å². The molecule has 0 radical (unpaired) electrons. The van der Waals surface area contributed by atoms with Gasteiger partial charge in [0.15, 0.2) is 5.06 Å². The average Bonchev–Trinajstić information content (AvgIpc) is 2.65. The molecule has 2 rings (SSSR count). The van der Waals surface area contributed by atoms with Crippen LogP contribution in [0.5, 0.6) is 10.8 Å². The largest absolute Gasteiger partial charge is 0.447 e. The van der Waals surface area contributed by atoms with Gasteiger partial charge in [-0.25, -0.2) is 0 Å². The second-order valence-corrected chi connectivity index (χ2v) is 4.20. The minimum atomic E-state index is 0.664. The van der Waals surface area contributed by atoms with Crippen molar-refractivity contribution in [2.75, 3.05) is 0 Å². The van der Waals surface area contributed by atoms with Crippen molar-refractivity contribution in [1.82, 2.24) is 0 Å². The Labute approximate surface area is 92.4 Å². The van der Waals surface area contributed by atoms with Crippen molar-refractivity contribution in [2.24, 2.45) is 0 Å². The van der Waals surface area contributed by atoms with E-state index in [0.29, 0.717) is 4.88 Å². The molecule has 15 heavy (non-hydrogen) atoms. The highest BCUT2D eigenvalue weighted by Gasteiger charge is 2.01. The maximum atomic E-state index is 8.67. The fourth-order valence-electron chi connectivity index (χ4n) is 1.23. The van der Waals surface area contributed by atoms with E-state index in [1.54, 1.807) is 6.07 Å². The minimum absolute atomic E-state index is 0.664. The first kappa shape index (κ1) is 9.75. The lowest BCUT2D eigenvalue weighted by atomic mass is 10.2. The van der Waals surface area contributed by atoms with Crippen LogP contribution >= 0.6 is 11.3 Å². The first-order valence-corrected chi connectivity index (χ1v) is 5.34. The molecule has 0 atom stereocenters. The molecule has 0 N–H and O–H groups in total. The van der Waals surface area contributed by atoms with Crippen LogP contribution in [0.15, 0.2) is 36.4 Å². The highest BCUT2D eigenvalue weighted by molar-refractivity contribution is 7.14. The Bertz CT molecular complexity index is 510. The van der Waals surface area contributed by atoms with E-state index in [-0.39, 0.29) is 0 Å². The van der Waals surface area contributed by atoms with Crippen LogP contribution in [0.4, 0.5) is 0 Å². The normalized spacial score (nSPS) is 9.60. The molecule has 0 aliphatic carbocycles. The lowest BCUT2D eigenvalue weighted by molar-refractivity contribution is 0.496. The average molecular weight is 215 g/mol. The fourth-order valence-corrected chi connectivity index (χ4v) is 1.90. The molecule has 3 heteroatoms. The molecule has 1 heterocycles. The van der Waals surface area contributed by atoms with Gasteiger partial charge in [-0.2, -0.15) is 5.26 Å². The van der Waals surface area contributed by atoms with Gasteiger partial charge in [0.1, 0.15) is 16.7 Å². The topological polar surface area (TPSA) is 33.0 Å². The molecule has 0 unspecified atom stereocenters. The number of hydrogen-bond acceptors (Lipinski definition) is 3. The van der Waals surface area contributed by atoms with Crippen molar-refractivity contribution in [3.05, 3.63) is 46.8 Å². The third-order valence-electron chi connectivity index (χ3n) is 1.90. The monoisotopic (exact) mass is 215 g/mol. The quantitative estimate of drug-likeness (QED) is 0.764. The van der Waals surface area contributed by atoms with Crippen LogP contribution in [0.3, 0.4) is 0 Å². The molecular weight excluding hydrogens is 206 g/mol. The summed E-state index contributed by atoms with van der Waals surface area (Å²) in [7, 11) is 0. The Balaban J connectivity index is 2.19. The number of rotatable bonds is 2. The molecule has 0 saturated carbocycles. The Morgan fingerprint density at radius 3 is 2.80 bits per heavy atom. The van der Waals surface area contributed by atoms with E-state index in [4.69, 9.17) is 10.00 Å². The van der Waals surface area contributed by atoms with Gasteiger partial charge in [0, 0.05) is 0 Å². The summed E-state index contributed by atoms with van der Waals surface area (Å²) in [5, 5.41) is 9.41. The second-order valence-electron chi connectivity index (χ2n) is 3.15. The SMILES string of the molecule is Cc1cccc(Oc2ccc(C#N)s2)c1. The van der Waals surface area contributed by atoms with Crippen molar-refractivity contribution in [2.45, 2.75) is 6.92 Å². The first-order chi connectivity index (χ1) is 7.28. The van der Waals surface area contributed by atoms with Gasteiger partial charge in [-0.1, -0.05) is 23.5 Å². The molecule has 0 saturated heterocycles. The van der Waals surface area contributed by atoms with Gasteiger partial charge in [0.25, 0.3) is 0 Å². The van der Waals surface area contributed by atoms with Crippen molar-refractivity contribution < 1.29 is 4.74 Å². The second kappa shape index (κ2) is 4.16. The van der Waals surface area contributed by atoms with Crippen LogP contribution < -0.4 is 4.74 Å². The molecular formula is C12H9NOS. The lowest BCUT2D eigenvalue weighted by Gasteiger charge is -2.02. The van der Waals surface area contributed by atoms with Crippen LogP contribution in [0.1, 0.15) is 10.4 Å². The van der Waals surface area contributed by atoms with Crippen LogP contribution in [-0.4, -0.2) is 0 Å². The van der Waals surface area contributed by atoms with Gasteiger partial charge in [-0.05, 0) is 36.8 Å². The third kappa shape index (κ3) is 2.36. The van der Waals surface area contributed by atoms with Gasteiger partial charge >= 0.3 is 0 Å². The van der Waals surface area contributed by atoms with E-state index >= 15 is 0 Å². The highest BCUT2D eigenvalue weighted by atomic mass is 32.1. The Hall–Kier alpha value is -1.79. The van der Waals surface area contributed by atoms with E-state index in [1.807, 2.05) is 37.3 Å². The Kier molecular flexibility index (Phi) is 2.70. The number of hydrogen-bond donors (Lipinski definition) is 0. The van der Waals surface area contributed by atoms with Crippen LogP contribution in [-0.2, 0) is 0 Å². The summed E-state index contributed by atoms with van der Waals surface area (Å²) in [6.07, 6.45) is 0. The zero-order valence-electron chi connectivity index (χ0n) is 8.23. The van der Waals surface area contributed by atoms with Gasteiger partial charge in [-0.15, -0.1) is 0 Å². The molecule has 2 aromatic rings. The molecule has 1 aromatic heterocycles. The molecule has 0 spiro atoms. The molecule has 1 aromatic carbocycles. The van der Waals surface area contributed by atoms with E-state index in [1.165, 1.54) is 11.3 Å². The van der Waals surface area contributed by atoms with E-state index in [2.05, 4.69) is 6.07 Å². The van der Waals surface area contributed by atoms with Gasteiger partial charge in [-0.3, -0.25) is 0 Å². The van der Waals surface area contributed by atoms with Crippen LogP contribution in [0, 0.1) is 18.3 Å². The molecule has 0 amide bonds. The third-order valence-corrected chi connectivity index (χ3v) is 2.77. The summed E-state index contributed by atoms with van der Waals surface area (Å²) >= 11 is 1.35. The van der Waals surface area contributed by atoms with E-state index in [9.17, 15) is 0 Å². The molecule has 0 aliphatic heterocycles. The highest BCUT2D eigenvalue weighted by Crippen LogP contribution is 2.29. The Morgan fingerprint density at radius 2 is 2.13 bits per heavy atom. The van der Waals surface area contributed by atoms with Crippen LogP contribution in [0.2, 0.25) is 0 Å². The molecule has 0 aliphatic rings. The van der Waals surface area contributed by atoms with Crippen molar-refractivity contribution in [3.63, 3.8) is 0 Å². The summed E-state index contributed by atoms with van der Waals surface area (Å²) in [6.45, 7) is 2.02. The number of benzene rings is 1. The number of nitrogens with zero attached hydrogens (tertiary/aromatic N) is 1. The van der Waals surface area contributed by atoms with Gasteiger partial charge < -0.3 is 4.74 Å². The fraction of sp³-hybridized carbons (Fsp3) is 0.0833. The first-order valence-electron chi connectivity index (χ1n) is 4.52. The smallest absolute Gasteiger partial charge is 0.182 e. The van der Waals surface area contributed by atoms with Crippen molar-refractivity contribution in [1.29, 1.82) is 5.26 Å². The molecule has 74 valence electrons. The summed E-state index contributed by atoms with van der Waals surface area (Å²) in [6, 6.07) is 13.5. The van der Waals surface area contributed by atoms with Gasteiger partial charge in [0.05, 0.1) is 0 Å². The van der Waals surface area contributed by atoms with Crippen LogP contribution in [0.25, 0.3) is 0 Å². The number of nitriles is 1. The molecule has 0 fully saturated rings.